The highest BCUT2D eigenvalue weighted by Crippen LogP contribution is 2.25. The summed E-state index contributed by atoms with van der Waals surface area (Å²) in [6, 6.07) is 5.52. The van der Waals surface area contributed by atoms with Crippen molar-refractivity contribution in [2.45, 2.75) is 19.9 Å². The molecule has 0 aliphatic heterocycles. The zero-order chi connectivity index (χ0) is 12.8. The molecule has 94 valence electrons. The van der Waals surface area contributed by atoms with Crippen molar-refractivity contribution in [1.82, 2.24) is 4.90 Å². The van der Waals surface area contributed by atoms with Gasteiger partial charge in [0.25, 0.3) is 0 Å². The minimum atomic E-state index is 0.488. The summed E-state index contributed by atoms with van der Waals surface area (Å²) in [6.07, 6.45) is 1.03. The quantitative estimate of drug-likeness (QED) is 0.813. The molecule has 0 spiro atoms. The third-order valence-electron chi connectivity index (χ3n) is 2.36. The Bertz CT molecular complexity index is 376. The molecule has 2 N–H and O–H groups in total. The molecular formula is C12H16Cl2N2S. The number of nitrogens with two attached hydrogens (primary N) is 1. The van der Waals surface area contributed by atoms with E-state index >= 15 is 0 Å². The minimum Gasteiger partial charge on any atom is -0.392 e. The molecule has 2 nitrogen and oxygen atoms in total. The minimum absolute atomic E-state index is 0.488. The van der Waals surface area contributed by atoms with E-state index in [1.54, 1.807) is 0 Å². The molecule has 0 bridgehead atoms. The Hall–Kier alpha value is -0.350. The van der Waals surface area contributed by atoms with Crippen molar-refractivity contribution in [1.29, 1.82) is 0 Å². The van der Waals surface area contributed by atoms with Gasteiger partial charge in [-0.2, -0.15) is 0 Å². The standard InChI is InChI=1S/C12H16Cl2N2S/c1-2-6-16(8-12(15)17)7-9-10(13)4-3-5-11(9)14/h3-5H,2,6-8H2,1H3,(H2,15,17). The Morgan fingerprint density at radius 1 is 1.35 bits per heavy atom. The molecular weight excluding hydrogens is 275 g/mol. The van der Waals surface area contributed by atoms with Crippen LogP contribution in [-0.4, -0.2) is 23.0 Å². The summed E-state index contributed by atoms with van der Waals surface area (Å²) >= 11 is 17.2. The maximum absolute atomic E-state index is 6.14. The second-order valence-corrected chi connectivity index (χ2v) is 5.22. The van der Waals surface area contributed by atoms with Gasteiger partial charge in [0.1, 0.15) is 0 Å². The van der Waals surface area contributed by atoms with E-state index in [0.717, 1.165) is 18.5 Å². The maximum Gasteiger partial charge on any atom is 0.0870 e. The van der Waals surface area contributed by atoms with E-state index in [1.165, 1.54) is 0 Å². The fraction of sp³-hybridized carbons (Fsp3) is 0.417. The van der Waals surface area contributed by atoms with E-state index in [1.807, 2.05) is 18.2 Å². The van der Waals surface area contributed by atoms with E-state index < -0.39 is 0 Å². The fourth-order valence-corrected chi connectivity index (χ4v) is 2.36. The predicted molar refractivity (Wildman–Crippen MR) is 78.8 cm³/mol. The number of hydrogen-bond donors (Lipinski definition) is 1. The molecule has 0 saturated carbocycles. The first-order valence-corrected chi connectivity index (χ1v) is 6.64. The summed E-state index contributed by atoms with van der Waals surface area (Å²) in [5.74, 6) is 0. The predicted octanol–water partition coefficient (Wildman–Crippen LogP) is 3.49. The molecule has 0 aliphatic rings. The van der Waals surface area contributed by atoms with E-state index in [4.69, 9.17) is 41.2 Å². The van der Waals surface area contributed by atoms with Crippen LogP contribution in [0.5, 0.6) is 0 Å². The first kappa shape index (κ1) is 14.7. The van der Waals surface area contributed by atoms with Crippen LogP contribution in [0.1, 0.15) is 18.9 Å². The van der Waals surface area contributed by atoms with Crippen LogP contribution in [-0.2, 0) is 6.54 Å². The van der Waals surface area contributed by atoms with Gasteiger partial charge in [-0.1, -0.05) is 48.4 Å². The monoisotopic (exact) mass is 290 g/mol. The Morgan fingerprint density at radius 2 is 1.94 bits per heavy atom. The molecule has 17 heavy (non-hydrogen) atoms. The van der Waals surface area contributed by atoms with Crippen molar-refractivity contribution in [2.75, 3.05) is 13.1 Å². The number of benzene rings is 1. The van der Waals surface area contributed by atoms with Crippen LogP contribution in [0.3, 0.4) is 0 Å². The molecule has 0 aliphatic carbocycles. The molecule has 0 unspecified atom stereocenters. The van der Waals surface area contributed by atoms with Gasteiger partial charge >= 0.3 is 0 Å². The van der Waals surface area contributed by atoms with Crippen molar-refractivity contribution in [2.24, 2.45) is 5.73 Å². The first-order valence-electron chi connectivity index (χ1n) is 5.48. The summed E-state index contributed by atoms with van der Waals surface area (Å²) in [5, 5.41) is 1.36. The summed E-state index contributed by atoms with van der Waals surface area (Å²) in [4.78, 5) is 2.64. The second kappa shape index (κ2) is 7.17. The average molecular weight is 291 g/mol. The van der Waals surface area contributed by atoms with Crippen molar-refractivity contribution in [3.8, 4) is 0 Å². The highest BCUT2D eigenvalue weighted by atomic mass is 35.5. The molecule has 1 aromatic rings. The van der Waals surface area contributed by atoms with Crippen molar-refractivity contribution >= 4 is 40.4 Å². The van der Waals surface area contributed by atoms with Gasteiger partial charge in [-0.05, 0) is 25.1 Å². The van der Waals surface area contributed by atoms with Crippen LogP contribution in [0.2, 0.25) is 10.0 Å². The van der Waals surface area contributed by atoms with Gasteiger partial charge in [-0.25, -0.2) is 0 Å². The molecule has 0 aromatic heterocycles. The van der Waals surface area contributed by atoms with Gasteiger partial charge < -0.3 is 5.73 Å². The van der Waals surface area contributed by atoms with Crippen LogP contribution >= 0.6 is 35.4 Å². The third-order valence-corrected chi connectivity index (χ3v) is 3.20. The highest BCUT2D eigenvalue weighted by molar-refractivity contribution is 7.80. The molecule has 1 aromatic carbocycles. The molecule has 0 radical (unpaired) electrons. The number of nitrogens with zero attached hydrogens (tertiary/aromatic N) is 1. The van der Waals surface area contributed by atoms with Crippen molar-refractivity contribution in [3.05, 3.63) is 33.8 Å². The van der Waals surface area contributed by atoms with Gasteiger partial charge in [-0.15, -0.1) is 0 Å². The number of thiocarbonyl (C=S) groups is 1. The molecule has 1 rings (SSSR count). The number of halogens is 2. The lowest BCUT2D eigenvalue weighted by Crippen LogP contribution is -2.33. The average Bonchev–Trinajstić information content (AvgIpc) is 2.23. The van der Waals surface area contributed by atoms with Crippen molar-refractivity contribution < 1.29 is 0 Å². The zero-order valence-corrected chi connectivity index (χ0v) is 12.1. The van der Waals surface area contributed by atoms with E-state index in [2.05, 4.69) is 11.8 Å². The zero-order valence-electron chi connectivity index (χ0n) is 9.75. The van der Waals surface area contributed by atoms with Gasteiger partial charge in [0.05, 0.1) is 4.99 Å². The third kappa shape index (κ3) is 4.80. The lowest BCUT2D eigenvalue weighted by atomic mass is 10.2. The van der Waals surface area contributed by atoms with Crippen LogP contribution in [0.4, 0.5) is 0 Å². The second-order valence-electron chi connectivity index (χ2n) is 3.88. The molecule has 0 amide bonds. The van der Waals surface area contributed by atoms with E-state index in [0.29, 0.717) is 28.1 Å². The van der Waals surface area contributed by atoms with Crippen LogP contribution < -0.4 is 5.73 Å². The SMILES string of the molecule is CCCN(CC(N)=S)Cc1c(Cl)cccc1Cl. The Morgan fingerprint density at radius 3 is 2.41 bits per heavy atom. The summed E-state index contributed by atoms with van der Waals surface area (Å²) < 4.78 is 0. The van der Waals surface area contributed by atoms with E-state index in [-0.39, 0.29) is 0 Å². The Balaban J connectivity index is 2.81. The van der Waals surface area contributed by atoms with Gasteiger partial charge in [0.15, 0.2) is 0 Å². The van der Waals surface area contributed by atoms with Gasteiger partial charge in [0, 0.05) is 28.7 Å². The van der Waals surface area contributed by atoms with Gasteiger partial charge in [-0.3, -0.25) is 4.90 Å². The molecule has 0 saturated heterocycles. The first-order chi connectivity index (χ1) is 8.04. The normalized spacial score (nSPS) is 10.8. The number of rotatable bonds is 6. The summed E-state index contributed by atoms with van der Waals surface area (Å²) in [6.45, 7) is 4.29. The van der Waals surface area contributed by atoms with Crippen LogP contribution in [0.15, 0.2) is 18.2 Å². The van der Waals surface area contributed by atoms with Gasteiger partial charge in [0.2, 0.25) is 0 Å². The molecule has 0 atom stereocenters. The lowest BCUT2D eigenvalue weighted by Gasteiger charge is -2.22. The Labute approximate surface area is 118 Å². The fourth-order valence-electron chi connectivity index (χ4n) is 1.66. The highest BCUT2D eigenvalue weighted by Gasteiger charge is 2.11. The number of hydrogen-bond acceptors (Lipinski definition) is 2. The smallest absolute Gasteiger partial charge is 0.0870 e. The van der Waals surface area contributed by atoms with Crippen LogP contribution in [0, 0.1) is 0 Å². The molecule has 0 heterocycles. The maximum atomic E-state index is 6.14. The van der Waals surface area contributed by atoms with Crippen LogP contribution in [0.25, 0.3) is 0 Å². The largest absolute Gasteiger partial charge is 0.392 e. The molecule has 0 fully saturated rings. The molecule has 5 heteroatoms. The summed E-state index contributed by atoms with van der Waals surface area (Å²) in [7, 11) is 0. The topological polar surface area (TPSA) is 29.3 Å². The Kier molecular flexibility index (Phi) is 6.20. The summed E-state index contributed by atoms with van der Waals surface area (Å²) in [5.41, 5.74) is 6.51. The van der Waals surface area contributed by atoms with Crippen molar-refractivity contribution in [3.63, 3.8) is 0 Å². The lowest BCUT2D eigenvalue weighted by molar-refractivity contribution is 0.304. The van der Waals surface area contributed by atoms with E-state index in [9.17, 15) is 0 Å².